The molecule has 2 amide bonds. The first kappa shape index (κ1) is 29.5. The molecule has 0 aliphatic carbocycles. The van der Waals surface area contributed by atoms with Gasteiger partial charge in [0.25, 0.3) is 0 Å². The fourth-order valence-electron chi connectivity index (χ4n) is 4.98. The van der Waals surface area contributed by atoms with Crippen molar-refractivity contribution < 1.29 is 63.0 Å². The maximum atomic E-state index is 14.8. The van der Waals surface area contributed by atoms with Crippen molar-refractivity contribution in [2.75, 3.05) is 24.6 Å². The van der Waals surface area contributed by atoms with Crippen LogP contribution < -0.4 is 4.90 Å². The van der Waals surface area contributed by atoms with E-state index in [9.17, 15) is 58.3 Å². The van der Waals surface area contributed by atoms with Crippen LogP contribution in [-0.4, -0.2) is 54.6 Å². The van der Waals surface area contributed by atoms with Crippen LogP contribution in [0.2, 0.25) is 0 Å². The Labute approximate surface area is 208 Å². The van der Waals surface area contributed by atoms with Crippen LogP contribution in [0.1, 0.15) is 44.6 Å². The third kappa shape index (κ3) is 5.53. The number of halogens is 10. The number of hydrogen-bond acceptors (Lipinski definition) is 4. The SMILES string of the molecule is CCOC(=O)CC1CC2(CCN(C(=O)C(F)(F)F)CC2)CC(=O)N1c1c(F)c(F)c(C(F)(F)F)c(F)c1F. The van der Waals surface area contributed by atoms with Crippen molar-refractivity contribution >= 4 is 23.5 Å². The summed E-state index contributed by atoms with van der Waals surface area (Å²) in [6.07, 6.45) is -13.1. The Morgan fingerprint density at radius 2 is 1.47 bits per heavy atom. The summed E-state index contributed by atoms with van der Waals surface area (Å²) in [5.74, 6) is -15.0. The first-order valence-electron chi connectivity index (χ1n) is 11.2. The van der Waals surface area contributed by atoms with Gasteiger partial charge in [-0.15, -0.1) is 0 Å². The van der Waals surface area contributed by atoms with Gasteiger partial charge in [0, 0.05) is 25.6 Å². The number of carbonyl (C=O) groups excluding carboxylic acids is 3. The van der Waals surface area contributed by atoms with Gasteiger partial charge in [0.15, 0.2) is 23.3 Å². The molecule has 0 bridgehead atoms. The summed E-state index contributed by atoms with van der Waals surface area (Å²) in [6, 6.07) is -1.58. The monoisotopic (exact) mass is 566 g/mol. The zero-order valence-electron chi connectivity index (χ0n) is 19.5. The Morgan fingerprint density at radius 3 is 1.92 bits per heavy atom. The Morgan fingerprint density at radius 1 is 0.947 bits per heavy atom. The van der Waals surface area contributed by atoms with Crippen molar-refractivity contribution in [2.24, 2.45) is 5.41 Å². The van der Waals surface area contributed by atoms with Gasteiger partial charge in [-0.3, -0.25) is 14.4 Å². The van der Waals surface area contributed by atoms with E-state index in [0.717, 1.165) is 0 Å². The molecular weight excluding hydrogens is 546 g/mol. The summed E-state index contributed by atoms with van der Waals surface area (Å²) < 4.78 is 140. The minimum absolute atomic E-state index is 0.159. The molecular formula is C22H20F10N2O4. The van der Waals surface area contributed by atoms with E-state index in [0.29, 0.717) is 4.90 Å². The van der Waals surface area contributed by atoms with E-state index in [4.69, 9.17) is 4.74 Å². The summed E-state index contributed by atoms with van der Waals surface area (Å²) in [5.41, 5.74) is -5.80. The number of hydrogen-bond donors (Lipinski definition) is 0. The molecule has 0 N–H and O–H groups in total. The van der Waals surface area contributed by atoms with Crippen molar-refractivity contribution in [1.82, 2.24) is 4.90 Å². The molecule has 0 radical (unpaired) electrons. The molecule has 1 unspecified atom stereocenters. The Balaban J connectivity index is 2.02. The zero-order valence-corrected chi connectivity index (χ0v) is 19.5. The average molecular weight is 566 g/mol. The molecule has 2 aliphatic rings. The average Bonchev–Trinajstić information content (AvgIpc) is 2.78. The zero-order chi connectivity index (χ0) is 28.8. The maximum absolute atomic E-state index is 14.8. The van der Waals surface area contributed by atoms with Gasteiger partial charge in [-0.1, -0.05) is 0 Å². The van der Waals surface area contributed by atoms with Crippen molar-refractivity contribution in [3.63, 3.8) is 0 Å². The predicted octanol–water partition coefficient (Wildman–Crippen LogP) is 4.88. The standard InChI is InChI=1S/C22H20F10N2O4/c1-2-38-12(36)7-10-8-20(3-5-33(6-4-20)19(37)22(30,31)32)9-11(35)34(10)18-16(25)14(23)13(21(27,28)29)15(24)17(18)26/h10H,2-9H2,1H3. The quantitative estimate of drug-likeness (QED) is 0.296. The van der Waals surface area contributed by atoms with E-state index in [-0.39, 0.29) is 30.8 Å². The molecule has 212 valence electrons. The number of piperidine rings is 2. The summed E-state index contributed by atoms with van der Waals surface area (Å²) in [5, 5.41) is 0. The molecule has 0 aromatic heterocycles. The van der Waals surface area contributed by atoms with Crippen molar-refractivity contribution in [2.45, 2.75) is 57.4 Å². The van der Waals surface area contributed by atoms with Gasteiger partial charge in [0.1, 0.15) is 11.3 Å². The number of alkyl halides is 6. The van der Waals surface area contributed by atoms with Crippen LogP contribution in [-0.2, 0) is 25.3 Å². The van der Waals surface area contributed by atoms with Crippen LogP contribution in [0.5, 0.6) is 0 Å². The van der Waals surface area contributed by atoms with E-state index >= 15 is 0 Å². The normalized spacial score (nSPS) is 20.2. The van der Waals surface area contributed by atoms with E-state index < -0.39 is 102 Å². The highest BCUT2D eigenvalue weighted by Gasteiger charge is 2.52. The molecule has 16 heteroatoms. The van der Waals surface area contributed by atoms with Gasteiger partial charge in [0.2, 0.25) is 5.91 Å². The molecule has 1 atom stereocenters. The molecule has 1 spiro atoms. The molecule has 2 fully saturated rings. The molecule has 3 rings (SSSR count). The van der Waals surface area contributed by atoms with Crippen LogP contribution in [0.15, 0.2) is 0 Å². The molecule has 2 aliphatic heterocycles. The smallest absolute Gasteiger partial charge is 0.466 e. The number of anilines is 1. The summed E-state index contributed by atoms with van der Waals surface area (Å²) in [6.45, 7) is 0.315. The third-order valence-corrected chi connectivity index (χ3v) is 6.65. The highest BCUT2D eigenvalue weighted by molar-refractivity contribution is 5.96. The van der Waals surface area contributed by atoms with Crippen LogP contribution in [0, 0.1) is 28.7 Å². The lowest BCUT2D eigenvalue weighted by atomic mass is 9.68. The fourth-order valence-corrected chi connectivity index (χ4v) is 4.98. The molecule has 6 nitrogen and oxygen atoms in total. The van der Waals surface area contributed by atoms with Crippen molar-refractivity contribution in [3.05, 3.63) is 28.8 Å². The van der Waals surface area contributed by atoms with E-state index in [1.165, 1.54) is 6.92 Å². The van der Waals surface area contributed by atoms with Crippen LogP contribution in [0.4, 0.5) is 49.6 Å². The van der Waals surface area contributed by atoms with Gasteiger partial charge < -0.3 is 14.5 Å². The van der Waals surface area contributed by atoms with Gasteiger partial charge in [-0.25, -0.2) is 17.6 Å². The Bertz CT molecular complexity index is 1100. The largest absolute Gasteiger partial charge is 0.471 e. The molecule has 38 heavy (non-hydrogen) atoms. The highest BCUT2D eigenvalue weighted by atomic mass is 19.4. The number of likely N-dealkylation sites (tertiary alicyclic amines) is 1. The fraction of sp³-hybridized carbons (Fsp3) is 0.591. The lowest BCUT2D eigenvalue weighted by Gasteiger charge is -2.49. The summed E-state index contributed by atoms with van der Waals surface area (Å²) >= 11 is 0. The van der Waals surface area contributed by atoms with Gasteiger partial charge in [0.05, 0.1) is 13.0 Å². The van der Waals surface area contributed by atoms with Gasteiger partial charge in [-0.05, 0) is 31.6 Å². The lowest BCUT2D eigenvalue weighted by molar-refractivity contribution is -0.187. The number of benzene rings is 1. The molecule has 1 aromatic rings. The number of amides is 2. The topological polar surface area (TPSA) is 66.9 Å². The molecule has 0 saturated carbocycles. The predicted molar refractivity (Wildman–Crippen MR) is 107 cm³/mol. The number of carbonyl (C=O) groups is 3. The Hall–Kier alpha value is -3.07. The van der Waals surface area contributed by atoms with E-state index in [2.05, 4.69) is 0 Å². The molecule has 2 heterocycles. The minimum atomic E-state index is -5.82. The number of ether oxygens (including phenoxy) is 1. The molecule has 1 aromatic carbocycles. The number of nitrogens with zero attached hydrogens (tertiary/aromatic N) is 2. The third-order valence-electron chi connectivity index (χ3n) is 6.65. The highest BCUT2D eigenvalue weighted by Crippen LogP contribution is 2.48. The molecule has 2 saturated heterocycles. The minimum Gasteiger partial charge on any atom is -0.466 e. The Kier molecular flexibility index (Phi) is 7.95. The lowest BCUT2D eigenvalue weighted by Crippen LogP contribution is -2.56. The second kappa shape index (κ2) is 10.2. The van der Waals surface area contributed by atoms with Gasteiger partial charge in [-0.2, -0.15) is 26.3 Å². The first-order valence-corrected chi connectivity index (χ1v) is 11.2. The van der Waals surface area contributed by atoms with Crippen molar-refractivity contribution in [1.29, 1.82) is 0 Å². The first-order chi connectivity index (χ1) is 17.4. The van der Waals surface area contributed by atoms with Crippen LogP contribution >= 0.6 is 0 Å². The maximum Gasteiger partial charge on any atom is 0.471 e. The summed E-state index contributed by atoms with van der Waals surface area (Å²) in [7, 11) is 0. The van der Waals surface area contributed by atoms with Crippen molar-refractivity contribution in [3.8, 4) is 0 Å². The second-order valence-corrected chi connectivity index (χ2v) is 9.07. The van der Waals surface area contributed by atoms with Crippen LogP contribution in [0.3, 0.4) is 0 Å². The van der Waals surface area contributed by atoms with Gasteiger partial charge >= 0.3 is 24.2 Å². The number of esters is 1. The summed E-state index contributed by atoms with van der Waals surface area (Å²) in [4.78, 5) is 37.5. The number of rotatable bonds is 4. The van der Waals surface area contributed by atoms with E-state index in [1.807, 2.05) is 0 Å². The second-order valence-electron chi connectivity index (χ2n) is 9.07. The van der Waals surface area contributed by atoms with E-state index in [1.54, 1.807) is 0 Å². The van der Waals surface area contributed by atoms with Crippen LogP contribution in [0.25, 0.3) is 0 Å².